The van der Waals surface area contributed by atoms with Crippen molar-refractivity contribution in [1.82, 2.24) is 10.2 Å². The molecule has 0 aliphatic rings. The summed E-state index contributed by atoms with van der Waals surface area (Å²) in [5.41, 5.74) is 0. The zero-order valence-electron chi connectivity index (χ0n) is 20.9. The number of carbonyl (C=O) groups excluding carboxylic acids is 1. The van der Waals surface area contributed by atoms with Crippen molar-refractivity contribution in [3.63, 3.8) is 0 Å². The Bertz CT molecular complexity index is 379. The highest BCUT2D eigenvalue weighted by Crippen LogP contribution is 2.12. The fraction of sp³-hybridized carbons (Fsp3) is 0.889. The minimum absolute atomic E-state index is 0.231. The summed E-state index contributed by atoms with van der Waals surface area (Å²) < 4.78 is 0. The number of unbranched alkanes of at least 4 members (excludes halogenated alkanes) is 15. The van der Waals surface area contributed by atoms with Crippen LogP contribution >= 0.6 is 0 Å². The lowest BCUT2D eigenvalue weighted by molar-refractivity contribution is -0.121. The van der Waals surface area contributed by atoms with Gasteiger partial charge >= 0.3 is 0 Å². The first kappa shape index (κ1) is 29.2. The number of hydrogen-bond donors (Lipinski definition) is 1. The fourth-order valence-corrected chi connectivity index (χ4v) is 3.77. The lowest BCUT2D eigenvalue weighted by Crippen LogP contribution is -2.26. The van der Waals surface area contributed by atoms with Gasteiger partial charge in [0.2, 0.25) is 5.91 Å². The molecule has 0 rings (SSSR count). The standard InChI is InChI=1S/C27H54N2O/c1-4-5-6-7-8-9-10-11-12-13-14-15-16-17-18-19-20-21-22-24-27(30)28-25-23-26-29(2)3/h11-12H,4-10,13-26H2,1-3H3,(H,28,30)/b12-11+. The number of hydrogen-bond acceptors (Lipinski definition) is 2. The highest BCUT2D eigenvalue weighted by molar-refractivity contribution is 5.75. The molecule has 3 heteroatoms. The van der Waals surface area contributed by atoms with E-state index in [0.29, 0.717) is 6.42 Å². The van der Waals surface area contributed by atoms with E-state index in [1.165, 1.54) is 103 Å². The van der Waals surface area contributed by atoms with Crippen LogP contribution in [0.5, 0.6) is 0 Å². The van der Waals surface area contributed by atoms with E-state index < -0.39 is 0 Å². The second-order valence-electron chi connectivity index (χ2n) is 9.26. The predicted octanol–water partition coefficient (Wildman–Crippen LogP) is 7.65. The van der Waals surface area contributed by atoms with Crippen molar-refractivity contribution >= 4 is 5.91 Å². The van der Waals surface area contributed by atoms with Crippen molar-refractivity contribution in [2.75, 3.05) is 27.2 Å². The Morgan fingerprint density at radius 2 is 1.13 bits per heavy atom. The molecule has 0 heterocycles. The van der Waals surface area contributed by atoms with Gasteiger partial charge < -0.3 is 10.2 Å². The average molecular weight is 423 g/mol. The summed E-state index contributed by atoms with van der Waals surface area (Å²) in [5.74, 6) is 0.231. The maximum Gasteiger partial charge on any atom is 0.219 e. The summed E-state index contributed by atoms with van der Waals surface area (Å²) in [6, 6.07) is 0. The summed E-state index contributed by atoms with van der Waals surface area (Å²) in [6.45, 7) is 4.13. The van der Waals surface area contributed by atoms with Crippen LogP contribution in [0.2, 0.25) is 0 Å². The van der Waals surface area contributed by atoms with Crippen LogP contribution in [0.15, 0.2) is 12.2 Å². The molecule has 0 radical (unpaired) electrons. The maximum atomic E-state index is 11.7. The first-order chi connectivity index (χ1) is 14.7. The van der Waals surface area contributed by atoms with E-state index in [2.05, 4.69) is 43.4 Å². The van der Waals surface area contributed by atoms with E-state index >= 15 is 0 Å². The normalized spacial score (nSPS) is 11.6. The van der Waals surface area contributed by atoms with E-state index in [-0.39, 0.29) is 5.91 Å². The molecule has 0 aromatic carbocycles. The van der Waals surface area contributed by atoms with Crippen LogP contribution in [-0.2, 0) is 4.79 Å². The van der Waals surface area contributed by atoms with E-state index in [4.69, 9.17) is 0 Å². The topological polar surface area (TPSA) is 32.3 Å². The minimum Gasteiger partial charge on any atom is -0.356 e. The summed E-state index contributed by atoms with van der Waals surface area (Å²) in [4.78, 5) is 13.9. The molecule has 0 aliphatic heterocycles. The molecule has 0 aromatic heterocycles. The lowest BCUT2D eigenvalue weighted by atomic mass is 10.1. The molecule has 30 heavy (non-hydrogen) atoms. The van der Waals surface area contributed by atoms with E-state index in [1.807, 2.05) is 0 Å². The number of nitrogens with one attached hydrogen (secondary N) is 1. The molecule has 0 unspecified atom stereocenters. The smallest absolute Gasteiger partial charge is 0.219 e. The third kappa shape index (κ3) is 25.2. The fourth-order valence-electron chi connectivity index (χ4n) is 3.77. The van der Waals surface area contributed by atoms with Crippen LogP contribution in [0.25, 0.3) is 0 Å². The van der Waals surface area contributed by atoms with Gasteiger partial charge in [-0.15, -0.1) is 0 Å². The van der Waals surface area contributed by atoms with Crippen molar-refractivity contribution in [3.8, 4) is 0 Å². The lowest BCUT2D eigenvalue weighted by Gasteiger charge is -2.09. The quantitative estimate of drug-likeness (QED) is 0.135. The molecule has 178 valence electrons. The molecule has 3 nitrogen and oxygen atoms in total. The van der Waals surface area contributed by atoms with Crippen LogP contribution in [0.4, 0.5) is 0 Å². The summed E-state index contributed by atoms with van der Waals surface area (Å²) in [6.07, 6.45) is 29.2. The highest BCUT2D eigenvalue weighted by atomic mass is 16.1. The Morgan fingerprint density at radius 1 is 0.667 bits per heavy atom. The van der Waals surface area contributed by atoms with Crippen molar-refractivity contribution < 1.29 is 4.79 Å². The van der Waals surface area contributed by atoms with Gasteiger partial charge in [0.05, 0.1) is 0 Å². The average Bonchev–Trinajstić information content (AvgIpc) is 2.72. The molecule has 0 aromatic rings. The van der Waals surface area contributed by atoms with Gasteiger partial charge in [-0.2, -0.15) is 0 Å². The van der Waals surface area contributed by atoms with Crippen LogP contribution in [0.1, 0.15) is 129 Å². The molecular formula is C27H54N2O. The molecule has 0 bridgehead atoms. The van der Waals surface area contributed by atoms with Gasteiger partial charge in [0.15, 0.2) is 0 Å². The van der Waals surface area contributed by atoms with Gasteiger partial charge in [0.25, 0.3) is 0 Å². The predicted molar refractivity (Wildman–Crippen MR) is 134 cm³/mol. The molecule has 0 aliphatic carbocycles. The number of amides is 1. The highest BCUT2D eigenvalue weighted by Gasteiger charge is 2.00. The van der Waals surface area contributed by atoms with Crippen molar-refractivity contribution in [3.05, 3.63) is 12.2 Å². The van der Waals surface area contributed by atoms with Crippen LogP contribution in [0.3, 0.4) is 0 Å². The molecule has 0 fully saturated rings. The Labute approximate surface area is 189 Å². The summed E-state index contributed by atoms with van der Waals surface area (Å²) >= 11 is 0. The van der Waals surface area contributed by atoms with Gasteiger partial charge in [-0.3, -0.25) is 4.79 Å². The molecular weight excluding hydrogens is 368 g/mol. The SMILES string of the molecule is CCCCCCCC/C=C/CCCCCCCCCCCC(=O)NCCCN(C)C. The largest absolute Gasteiger partial charge is 0.356 e. The number of nitrogens with zero attached hydrogens (tertiary/aromatic N) is 1. The molecule has 0 spiro atoms. The number of allylic oxidation sites excluding steroid dienone is 2. The van der Waals surface area contributed by atoms with Gasteiger partial charge in [0, 0.05) is 13.0 Å². The Hall–Kier alpha value is -0.830. The van der Waals surface area contributed by atoms with Crippen LogP contribution in [0, 0.1) is 0 Å². The molecule has 1 amide bonds. The van der Waals surface area contributed by atoms with Crippen LogP contribution in [-0.4, -0.2) is 38.0 Å². The zero-order chi connectivity index (χ0) is 22.1. The third-order valence-corrected chi connectivity index (χ3v) is 5.77. The van der Waals surface area contributed by atoms with Crippen molar-refractivity contribution in [2.45, 2.75) is 129 Å². The first-order valence-corrected chi connectivity index (χ1v) is 13.2. The van der Waals surface area contributed by atoms with Crippen molar-refractivity contribution in [2.24, 2.45) is 0 Å². The van der Waals surface area contributed by atoms with Gasteiger partial charge in [-0.25, -0.2) is 0 Å². The zero-order valence-corrected chi connectivity index (χ0v) is 20.9. The Kier molecular flexibility index (Phi) is 23.8. The number of carbonyl (C=O) groups is 1. The maximum absolute atomic E-state index is 11.7. The van der Waals surface area contributed by atoms with Gasteiger partial charge in [-0.05, 0) is 59.2 Å². The molecule has 0 saturated carbocycles. The molecule has 0 atom stereocenters. The second-order valence-corrected chi connectivity index (χ2v) is 9.26. The summed E-state index contributed by atoms with van der Waals surface area (Å²) in [5, 5.41) is 3.03. The molecule has 0 saturated heterocycles. The van der Waals surface area contributed by atoms with E-state index in [1.54, 1.807) is 0 Å². The molecule has 1 N–H and O–H groups in total. The summed E-state index contributed by atoms with van der Waals surface area (Å²) in [7, 11) is 4.13. The Balaban J connectivity index is 3.17. The second kappa shape index (κ2) is 24.4. The van der Waals surface area contributed by atoms with Crippen molar-refractivity contribution in [1.29, 1.82) is 0 Å². The third-order valence-electron chi connectivity index (χ3n) is 5.77. The Morgan fingerprint density at radius 3 is 1.63 bits per heavy atom. The van der Waals surface area contributed by atoms with Gasteiger partial charge in [0.1, 0.15) is 0 Å². The minimum atomic E-state index is 0.231. The first-order valence-electron chi connectivity index (χ1n) is 13.2. The van der Waals surface area contributed by atoms with Crippen LogP contribution < -0.4 is 5.32 Å². The van der Waals surface area contributed by atoms with E-state index in [9.17, 15) is 4.79 Å². The number of rotatable bonds is 23. The van der Waals surface area contributed by atoms with Gasteiger partial charge in [-0.1, -0.05) is 96.1 Å². The monoisotopic (exact) mass is 422 g/mol. The van der Waals surface area contributed by atoms with E-state index in [0.717, 1.165) is 25.9 Å².